The van der Waals surface area contributed by atoms with Crippen molar-refractivity contribution in [2.45, 2.75) is 76.9 Å². The molecule has 28 heavy (non-hydrogen) atoms. The minimum atomic E-state index is -1.67. The molecule has 156 valence electrons. The van der Waals surface area contributed by atoms with Crippen LogP contribution < -0.4 is 5.73 Å². The first-order valence-corrected chi connectivity index (χ1v) is 10.1. The van der Waals surface area contributed by atoms with Gasteiger partial charge in [-0.15, -0.1) is 0 Å². The van der Waals surface area contributed by atoms with E-state index in [0.29, 0.717) is 18.4 Å². The lowest BCUT2D eigenvalue weighted by atomic mass is 9.81. The molecule has 0 aliphatic heterocycles. The van der Waals surface area contributed by atoms with E-state index in [9.17, 15) is 20.1 Å². The summed E-state index contributed by atoms with van der Waals surface area (Å²) < 4.78 is 5.27. The molecule has 1 fully saturated rings. The number of aliphatic hydroxyl groups is 3. The fourth-order valence-corrected chi connectivity index (χ4v) is 3.97. The van der Waals surface area contributed by atoms with Crippen LogP contribution in [-0.2, 0) is 11.2 Å². The van der Waals surface area contributed by atoms with Gasteiger partial charge in [-0.2, -0.15) is 0 Å². The number of carbonyl (C=O) groups excluding carboxylic acids is 1. The summed E-state index contributed by atoms with van der Waals surface area (Å²) in [6.07, 6.45) is 9.07. The molecule has 1 saturated carbocycles. The highest BCUT2D eigenvalue weighted by Gasteiger charge is 2.51. The average molecular weight is 392 g/mol. The average Bonchev–Trinajstić information content (AvgIpc) is 3.18. The van der Waals surface area contributed by atoms with Crippen molar-refractivity contribution >= 4 is 5.91 Å². The molecule has 2 rings (SSSR count). The lowest BCUT2D eigenvalue weighted by Gasteiger charge is -2.30. The molecule has 0 bridgehead atoms. The molecule has 0 radical (unpaired) electrons. The Kier molecular flexibility index (Phi) is 7.89. The molecule has 0 saturated heterocycles. The number of rotatable bonds is 10. The SMILES string of the molecule is CCCCC=C(C(N)=O)C1C[C@@H](O)C[C@]1(O)/C(O)=C\CCCc1ccoc1C. The first kappa shape index (κ1) is 22.2. The number of nitrogens with two attached hydrogens (primary N) is 1. The van der Waals surface area contributed by atoms with Gasteiger partial charge in [0, 0.05) is 17.9 Å². The monoisotopic (exact) mass is 391 g/mol. The van der Waals surface area contributed by atoms with Crippen LogP contribution in [0, 0.1) is 12.8 Å². The fraction of sp³-hybridized carbons (Fsp3) is 0.591. The summed E-state index contributed by atoms with van der Waals surface area (Å²) in [6.45, 7) is 3.96. The van der Waals surface area contributed by atoms with Gasteiger partial charge in [-0.25, -0.2) is 0 Å². The Morgan fingerprint density at radius 3 is 2.68 bits per heavy atom. The van der Waals surface area contributed by atoms with Crippen LogP contribution in [0.3, 0.4) is 0 Å². The van der Waals surface area contributed by atoms with E-state index in [0.717, 1.165) is 37.0 Å². The normalized spacial score (nSPS) is 26.0. The Morgan fingerprint density at radius 2 is 2.07 bits per heavy atom. The van der Waals surface area contributed by atoms with Gasteiger partial charge in [-0.05, 0) is 56.7 Å². The number of hydrogen-bond donors (Lipinski definition) is 4. The molecule has 0 aromatic carbocycles. The second-order valence-electron chi connectivity index (χ2n) is 7.72. The molecule has 1 aliphatic carbocycles. The van der Waals surface area contributed by atoms with Gasteiger partial charge in [-0.1, -0.05) is 25.8 Å². The van der Waals surface area contributed by atoms with Crippen molar-refractivity contribution in [1.29, 1.82) is 0 Å². The van der Waals surface area contributed by atoms with E-state index in [4.69, 9.17) is 10.2 Å². The maximum Gasteiger partial charge on any atom is 0.244 e. The molecule has 0 spiro atoms. The fourth-order valence-electron chi connectivity index (χ4n) is 3.97. The van der Waals surface area contributed by atoms with Crippen LogP contribution in [0.2, 0.25) is 0 Å². The van der Waals surface area contributed by atoms with Crippen molar-refractivity contribution in [2.24, 2.45) is 11.7 Å². The molecule has 6 nitrogen and oxygen atoms in total. The summed E-state index contributed by atoms with van der Waals surface area (Å²) in [5.74, 6) is -0.629. The number of furan rings is 1. The Labute approximate surface area is 166 Å². The standard InChI is InChI=1S/C22H33NO5/c1-3-4-5-9-18(21(23)26)19-13-17(24)14-22(19,27)20(25)10-7-6-8-16-11-12-28-15(16)2/h9-12,17,19,24-25,27H,3-8,13-14H2,1-2H3,(H2,23,26)/b18-9?,20-10+/t17-,19?,22-/m1/s1. The van der Waals surface area contributed by atoms with Crippen molar-refractivity contribution in [3.8, 4) is 0 Å². The third-order valence-electron chi connectivity index (χ3n) is 5.61. The number of allylic oxidation sites excluding steroid dienone is 2. The van der Waals surface area contributed by atoms with E-state index in [1.165, 1.54) is 0 Å². The second kappa shape index (κ2) is 9.94. The van der Waals surface area contributed by atoms with Crippen LogP contribution >= 0.6 is 0 Å². The molecular formula is C22H33NO5. The number of unbranched alkanes of at least 4 members (excludes halogenated alkanes) is 3. The predicted molar refractivity (Wildman–Crippen MR) is 108 cm³/mol. The van der Waals surface area contributed by atoms with Gasteiger partial charge in [0.05, 0.1) is 12.4 Å². The highest BCUT2D eigenvalue weighted by Crippen LogP contribution is 2.44. The molecule has 1 unspecified atom stereocenters. The highest BCUT2D eigenvalue weighted by molar-refractivity contribution is 5.92. The predicted octanol–water partition coefficient (Wildman–Crippen LogP) is 3.46. The van der Waals surface area contributed by atoms with Crippen molar-refractivity contribution in [2.75, 3.05) is 0 Å². The molecule has 1 amide bonds. The van der Waals surface area contributed by atoms with E-state index in [1.807, 2.05) is 19.9 Å². The number of primary amides is 1. The van der Waals surface area contributed by atoms with Gasteiger partial charge in [0.1, 0.15) is 17.1 Å². The number of aryl methyl sites for hydroxylation is 2. The lowest BCUT2D eigenvalue weighted by molar-refractivity contribution is -0.116. The molecule has 1 aromatic heterocycles. The zero-order chi connectivity index (χ0) is 20.7. The third kappa shape index (κ3) is 5.26. The van der Waals surface area contributed by atoms with Crippen molar-refractivity contribution in [3.05, 3.63) is 47.1 Å². The number of carbonyl (C=O) groups is 1. The molecule has 3 atom stereocenters. The Hall–Kier alpha value is -2.05. The summed E-state index contributed by atoms with van der Waals surface area (Å²) in [6, 6.07) is 1.93. The summed E-state index contributed by atoms with van der Waals surface area (Å²) in [7, 11) is 0. The number of hydrogen-bond acceptors (Lipinski definition) is 5. The smallest absolute Gasteiger partial charge is 0.244 e. The van der Waals surface area contributed by atoms with Gasteiger partial charge >= 0.3 is 0 Å². The number of aliphatic hydroxyl groups excluding tert-OH is 2. The highest BCUT2D eigenvalue weighted by atomic mass is 16.3. The molecule has 1 aliphatic rings. The van der Waals surface area contributed by atoms with Gasteiger partial charge in [0.25, 0.3) is 0 Å². The summed E-state index contributed by atoms with van der Waals surface area (Å²) >= 11 is 0. The van der Waals surface area contributed by atoms with E-state index < -0.39 is 23.5 Å². The van der Waals surface area contributed by atoms with Crippen LogP contribution in [0.25, 0.3) is 0 Å². The molecular weight excluding hydrogens is 358 g/mol. The quantitative estimate of drug-likeness (QED) is 0.277. The molecule has 5 N–H and O–H groups in total. The van der Waals surface area contributed by atoms with E-state index in [-0.39, 0.29) is 18.6 Å². The van der Waals surface area contributed by atoms with Crippen LogP contribution in [-0.4, -0.2) is 32.9 Å². The lowest BCUT2D eigenvalue weighted by Crippen LogP contribution is -2.39. The number of amides is 1. The van der Waals surface area contributed by atoms with E-state index in [1.54, 1.807) is 18.4 Å². The largest absolute Gasteiger partial charge is 0.510 e. The minimum Gasteiger partial charge on any atom is -0.510 e. The zero-order valence-electron chi connectivity index (χ0n) is 16.9. The molecule has 1 aromatic rings. The van der Waals surface area contributed by atoms with Gasteiger partial charge < -0.3 is 25.5 Å². The van der Waals surface area contributed by atoms with Crippen molar-refractivity contribution < 1.29 is 24.5 Å². The topological polar surface area (TPSA) is 117 Å². The maximum absolute atomic E-state index is 12.0. The van der Waals surface area contributed by atoms with Crippen LogP contribution in [0.15, 0.2) is 40.2 Å². The zero-order valence-corrected chi connectivity index (χ0v) is 16.9. The first-order chi connectivity index (χ1) is 13.3. The first-order valence-electron chi connectivity index (χ1n) is 10.1. The van der Waals surface area contributed by atoms with E-state index >= 15 is 0 Å². The summed E-state index contributed by atoms with van der Waals surface area (Å²) in [5.41, 5.74) is 5.29. The van der Waals surface area contributed by atoms with Crippen molar-refractivity contribution in [3.63, 3.8) is 0 Å². The Balaban J connectivity index is 2.10. The van der Waals surface area contributed by atoms with Gasteiger partial charge in [0.15, 0.2) is 0 Å². The molecule has 6 heteroatoms. The Bertz CT molecular complexity index is 720. The van der Waals surface area contributed by atoms with Gasteiger partial charge in [0.2, 0.25) is 5.91 Å². The molecule has 1 heterocycles. The van der Waals surface area contributed by atoms with Crippen LogP contribution in [0.5, 0.6) is 0 Å². The maximum atomic E-state index is 12.0. The summed E-state index contributed by atoms with van der Waals surface area (Å²) in [5, 5.41) is 31.9. The third-order valence-corrected chi connectivity index (χ3v) is 5.61. The second-order valence-corrected chi connectivity index (χ2v) is 7.72. The van der Waals surface area contributed by atoms with E-state index in [2.05, 4.69) is 0 Å². The van der Waals surface area contributed by atoms with Gasteiger partial charge in [-0.3, -0.25) is 4.79 Å². The van der Waals surface area contributed by atoms with Crippen molar-refractivity contribution in [1.82, 2.24) is 0 Å². The van der Waals surface area contributed by atoms with Crippen LogP contribution in [0.1, 0.15) is 63.2 Å². The minimum absolute atomic E-state index is 0.0146. The summed E-state index contributed by atoms with van der Waals surface area (Å²) in [4.78, 5) is 12.0. The Morgan fingerprint density at radius 1 is 1.36 bits per heavy atom. The van der Waals surface area contributed by atoms with Crippen LogP contribution in [0.4, 0.5) is 0 Å².